The van der Waals surface area contributed by atoms with Crippen LogP contribution < -0.4 is 0 Å². The number of ether oxygens (including phenoxy) is 1. The summed E-state index contributed by atoms with van der Waals surface area (Å²) in [6, 6.07) is 6.25. The Morgan fingerprint density at radius 3 is 2.90 bits per heavy atom. The number of benzene rings is 1. The van der Waals surface area contributed by atoms with Gasteiger partial charge in [0.25, 0.3) is 11.9 Å². The van der Waals surface area contributed by atoms with Crippen molar-refractivity contribution in [2.24, 2.45) is 0 Å². The molecule has 20 heavy (non-hydrogen) atoms. The molecule has 1 aliphatic rings. The van der Waals surface area contributed by atoms with Gasteiger partial charge in [0, 0.05) is 7.05 Å². The molecule has 1 aliphatic heterocycles. The van der Waals surface area contributed by atoms with E-state index >= 15 is 0 Å². The lowest BCUT2D eigenvalue weighted by Crippen LogP contribution is -2.25. The number of likely N-dealkylation sites (N-methyl/N-ethyl adjacent to an activating group) is 1. The summed E-state index contributed by atoms with van der Waals surface area (Å²) in [5.41, 5.74) is 0.940. The largest absolute Gasteiger partial charge is 0.480 e. The van der Waals surface area contributed by atoms with Crippen molar-refractivity contribution in [3.8, 4) is 6.07 Å². The topological polar surface area (TPSA) is 73.6 Å². The Morgan fingerprint density at radius 2 is 2.30 bits per heavy atom. The van der Waals surface area contributed by atoms with Crippen LogP contribution in [0.3, 0.4) is 0 Å². The molecule has 1 atom stereocenters. The number of aliphatic hydroxyl groups excluding tert-OH is 1. The fourth-order valence-corrected chi connectivity index (χ4v) is 2.55. The van der Waals surface area contributed by atoms with Crippen molar-refractivity contribution in [2.45, 2.75) is 13.0 Å². The molecular weight excluding hydrogens is 280 g/mol. The molecule has 0 aromatic heterocycles. The Bertz CT molecular complexity index is 634. The molecule has 0 fully saturated rings. The summed E-state index contributed by atoms with van der Waals surface area (Å²) < 4.78 is 4.98. The van der Waals surface area contributed by atoms with Crippen LogP contribution in [-0.2, 0) is 4.74 Å². The number of nitrogens with zero attached hydrogens (tertiary/aromatic N) is 2. The van der Waals surface area contributed by atoms with Gasteiger partial charge in [0.05, 0.1) is 17.2 Å². The molecule has 0 saturated heterocycles. The quantitative estimate of drug-likeness (QED) is 0.687. The number of amides is 1. The standard InChI is InChI=1S/C14H13ClN2O3/c1-3-20-14(19)9(7-16)12-8-5-4-6-10(15)11(8)13(18)17(12)2/h4-6,12,19H,3H2,1-2H3/b14-9-. The van der Waals surface area contributed by atoms with E-state index in [2.05, 4.69) is 0 Å². The van der Waals surface area contributed by atoms with Gasteiger partial charge in [-0.15, -0.1) is 0 Å². The summed E-state index contributed by atoms with van der Waals surface area (Å²) in [5.74, 6) is -0.750. The van der Waals surface area contributed by atoms with Gasteiger partial charge in [-0.1, -0.05) is 23.7 Å². The minimum Gasteiger partial charge on any atom is -0.480 e. The second kappa shape index (κ2) is 5.43. The fourth-order valence-electron chi connectivity index (χ4n) is 2.29. The van der Waals surface area contributed by atoms with Gasteiger partial charge in [0.1, 0.15) is 17.7 Å². The van der Waals surface area contributed by atoms with Crippen LogP contribution in [0.15, 0.2) is 29.7 Å². The Balaban J connectivity index is 2.60. The van der Waals surface area contributed by atoms with Crippen LogP contribution in [-0.4, -0.2) is 29.6 Å². The molecule has 0 bridgehead atoms. The van der Waals surface area contributed by atoms with Gasteiger partial charge in [-0.2, -0.15) is 5.26 Å². The summed E-state index contributed by atoms with van der Waals surface area (Å²) in [6.45, 7) is 1.92. The van der Waals surface area contributed by atoms with Gasteiger partial charge in [-0.05, 0) is 18.6 Å². The normalized spacial score (nSPS) is 18.4. The SMILES string of the molecule is CCO/C(O)=C(/C#N)C1c2cccc(Cl)c2C(=O)N1C. The predicted octanol–water partition coefficient (Wildman–Crippen LogP) is 2.80. The fraction of sp³-hybridized carbons (Fsp3) is 0.286. The summed E-state index contributed by atoms with van der Waals surface area (Å²) in [7, 11) is 1.56. The zero-order valence-corrected chi connectivity index (χ0v) is 11.8. The van der Waals surface area contributed by atoms with E-state index in [9.17, 15) is 15.2 Å². The Morgan fingerprint density at radius 1 is 1.60 bits per heavy atom. The molecule has 0 aliphatic carbocycles. The lowest BCUT2D eigenvalue weighted by molar-refractivity contribution is 0.0760. The maximum atomic E-state index is 12.2. The summed E-state index contributed by atoms with van der Waals surface area (Å²) in [4.78, 5) is 13.6. The van der Waals surface area contributed by atoms with E-state index in [0.29, 0.717) is 16.1 Å². The second-order valence-electron chi connectivity index (χ2n) is 4.29. The molecule has 0 radical (unpaired) electrons. The van der Waals surface area contributed by atoms with Crippen molar-refractivity contribution in [3.05, 3.63) is 45.9 Å². The second-order valence-corrected chi connectivity index (χ2v) is 4.69. The van der Waals surface area contributed by atoms with Crippen LogP contribution >= 0.6 is 11.6 Å². The van der Waals surface area contributed by atoms with Crippen molar-refractivity contribution in [1.29, 1.82) is 5.26 Å². The number of fused-ring (bicyclic) bond motifs is 1. The van der Waals surface area contributed by atoms with Gasteiger partial charge in [0.2, 0.25) is 0 Å². The van der Waals surface area contributed by atoms with Crippen molar-refractivity contribution in [3.63, 3.8) is 0 Å². The van der Waals surface area contributed by atoms with E-state index < -0.39 is 12.0 Å². The molecule has 0 saturated carbocycles. The number of carbonyl (C=O) groups is 1. The van der Waals surface area contributed by atoms with Gasteiger partial charge in [0.15, 0.2) is 0 Å². The lowest BCUT2D eigenvalue weighted by atomic mass is 9.99. The van der Waals surface area contributed by atoms with E-state index in [1.165, 1.54) is 4.90 Å². The van der Waals surface area contributed by atoms with Crippen molar-refractivity contribution < 1.29 is 14.6 Å². The van der Waals surface area contributed by atoms with Crippen molar-refractivity contribution in [1.82, 2.24) is 4.90 Å². The first-order valence-corrected chi connectivity index (χ1v) is 6.42. The van der Waals surface area contributed by atoms with E-state index in [1.54, 1.807) is 32.2 Å². The molecule has 2 rings (SSSR count). The monoisotopic (exact) mass is 292 g/mol. The lowest BCUT2D eigenvalue weighted by Gasteiger charge is -2.20. The van der Waals surface area contributed by atoms with Crippen molar-refractivity contribution in [2.75, 3.05) is 13.7 Å². The van der Waals surface area contributed by atoms with Gasteiger partial charge in [-0.25, -0.2) is 0 Å². The number of hydrogen-bond donors (Lipinski definition) is 1. The molecule has 104 valence electrons. The summed E-state index contributed by atoms with van der Waals surface area (Å²) >= 11 is 6.04. The zero-order valence-electron chi connectivity index (χ0n) is 11.1. The highest BCUT2D eigenvalue weighted by molar-refractivity contribution is 6.34. The number of aliphatic hydroxyl groups is 1. The van der Waals surface area contributed by atoms with Crippen LogP contribution in [0.1, 0.15) is 28.9 Å². The molecule has 1 heterocycles. The number of halogens is 1. The van der Waals surface area contributed by atoms with E-state index in [-0.39, 0.29) is 18.1 Å². The minimum atomic E-state index is -0.687. The van der Waals surface area contributed by atoms with Crippen LogP contribution in [0.5, 0.6) is 0 Å². The minimum absolute atomic E-state index is 0.0104. The molecule has 1 N–H and O–H groups in total. The third-order valence-electron chi connectivity index (χ3n) is 3.17. The van der Waals surface area contributed by atoms with E-state index in [1.807, 2.05) is 6.07 Å². The maximum absolute atomic E-state index is 12.2. The average Bonchev–Trinajstić information content (AvgIpc) is 2.66. The Hall–Kier alpha value is -2.19. The van der Waals surface area contributed by atoms with Gasteiger partial charge >= 0.3 is 0 Å². The Kier molecular flexibility index (Phi) is 3.86. The van der Waals surface area contributed by atoms with Gasteiger partial charge in [-0.3, -0.25) is 4.79 Å². The molecule has 6 heteroatoms. The maximum Gasteiger partial charge on any atom is 0.293 e. The van der Waals surface area contributed by atoms with Crippen LogP contribution in [0.4, 0.5) is 0 Å². The highest BCUT2D eigenvalue weighted by atomic mass is 35.5. The molecule has 0 spiro atoms. The van der Waals surface area contributed by atoms with Crippen LogP contribution in [0.25, 0.3) is 0 Å². The zero-order chi connectivity index (χ0) is 14.9. The summed E-state index contributed by atoms with van der Waals surface area (Å²) in [6.07, 6.45) is 0. The number of carbonyl (C=O) groups excluding carboxylic acids is 1. The van der Waals surface area contributed by atoms with E-state index in [0.717, 1.165) is 0 Å². The van der Waals surface area contributed by atoms with E-state index in [4.69, 9.17) is 16.3 Å². The first kappa shape index (κ1) is 14.2. The number of nitriles is 1. The van der Waals surface area contributed by atoms with Gasteiger partial charge < -0.3 is 14.7 Å². The molecular formula is C14H13ClN2O3. The third kappa shape index (κ3) is 2.08. The smallest absolute Gasteiger partial charge is 0.293 e. The van der Waals surface area contributed by atoms with Crippen LogP contribution in [0.2, 0.25) is 5.02 Å². The first-order chi connectivity index (χ1) is 9.52. The number of rotatable bonds is 3. The predicted molar refractivity (Wildman–Crippen MR) is 73.2 cm³/mol. The average molecular weight is 293 g/mol. The van der Waals surface area contributed by atoms with Crippen LogP contribution in [0, 0.1) is 11.3 Å². The molecule has 1 unspecified atom stereocenters. The molecule has 1 aromatic carbocycles. The summed E-state index contributed by atoms with van der Waals surface area (Å²) in [5, 5.41) is 19.4. The molecule has 1 aromatic rings. The first-order valence-electron chi connectivity index (χ1n) is 6.04. The molecule has 1 amide bonds. The third-order valence-corrected chi connectivity index (χ3v) is 3.48. The Labute approximate surface area is 121 Å². The highest BCUT2D eigenvalue weighted by Crippen LogP contribution is 2.40. The number of hydrogen-bond acceptors (Lipinski definition) is 4. The van der Waals surface area contributed by atoms with Crippen molar-refractivity contribution >= 4 is 17.5 Å². The molecule has 5 nitrogen and oxygen atoms in total. The highest BCUT2D eigenvalue weighted by Gasteiger charge is 2.39.